The zero-order chi connectivity index (χ0) is 10.2. The summed E-state index contributed by atoms with van der Waals surface area (Å²) in [4.78, 5) is 2.43. The largest absolute Gasteiger partial charge is 0.396 e. The van der Waals surface area contributed by atoms with Crippen molar-refractivity contribution in [2.45, 2.75) is 26.2 Å². The van der Waals surface area contributed by atoms with Crippen LogP contribution in [0.4, 0.5) is 0 Å². The Hall–Kier alpha value is -0.120. The third-order valence-electron chi connectivity index (χ3n) is 2.74. The van der Waals surface area contributed by atoms with E-state index < -0.39 is 0 Å². The number of aliphatic hydroxyl groups is 1. The maximum atomic E-state index is 8.97. The molecule has 0 saturated carbocycles. The van der Waals surface area contributed by atoms with Crippen LogP contribution in [0.3, 0.4) is 0 Å². The first-order chi connectivity index (χ1) is 6.86. The van der Waals surface area contributed by atoms with Gasteiger partial charge in [-0.15, -0.1) is 0 Å². The monoisotopic (exact) mass is 201 g/mol. The summed E-state index contributed by atoms with van der Waals surface area (Å²) in [5, 5.41) is 8.97. The van der Waals surface area contributed by atoms with Crippen LogP contribution >= 0.6 is 0 Å². The van der Waals surface area contributed by atoms with E-state index in [0.717, 1.165) is 52.1 Å². The maximum Gasteiger partial charge on any atom is 0.0478 e. The molecular formula is C11H23NO2. The second-order valence-corrected chi connectivity index (χ2v) is 4.10. The molecule has 1 saturated heterocycles. The number of aliphatic hydroxyl groups excluding tert-OH is 1. The van der Waals surface area contributed by atoms with Crippen molar-refractivity contribution in [1.29, 1.82) is 0 Å². The number of likely N-dealkylation sites (tertiary alicyclic amines) is 1. The Morgan fingerprint density at radius 2 is 2.29 bits per heavy atom. The Balaban J connectivity index is 1.92. The summed E-state index contributed by atoms with van der Waals surface area (Å²) < 4.78 is 5.42. The number of ether oxygens (including phenoxy) is 1. The molecule has 0 aromatic rings. The van der Waals surface area contributed by atoms with E-state index in [1.54, 1.807) is 0 Å². The minimum Gasteiger partial charge on any atom is -0.396 e. The van der Waals surface area contributed by atoms with Gasteiger partial charge in [-0.1, -0.05) is 6.92 Å². The first-order valence-electron chi connectivity index (χ1n) is 5.77. The van der Waals surface area contributed by atoms with Crippen molar-refractivity contribution in [3.8, 4) is 0 Å². The van der Waals surface area contributed by atoms with Gasteiger partial charge in [-0.05, 0) is 31.7 Å². The molecule has 1 N–H and O–H groups in total. The van der Waals surface area contributed by atoms with Crippen LogP contribution < -0.4 is 0 Å². The first-order valence-corrected chi connectivity index (χ1v) is 5.77. The Labute approximate surface area is 87.1 Å². The van der Waals surface area contributed by atoms with Crippen molar-refractivity contribution in [2.24, 2.45) is 5.92 Å². The molecule has 3 heteroatoms. The molecular weight excluding hydrogens is 178 g/mol. The lowest BCUT2D eigenvalue weighted by Gasteiger charge is -2.15. The fourth-order valence-electron chi connectivity index (χ4n) is 1.90. The summed E-state index contributed by atoms with van der Waals surface area (Å²) in [5.74, 6) is 0.520. The van der Waals surface area contributed by atoms with E-state index in [4.69, 9.17) is 9.84 Å². The van der Waals surface area contributed by atoms with Gasteiger partial charge in [-0.2, -0.15) is 0 Å². The molecule has 0 aliphatic carbocycles. The fourth-order valence-corrected chi connectivity index (χ4v) is 1.90. The van der Waals surface area contributed by atoms with E-state index in [1.165, 1.54) is 0 Å². The third-order valence-corrected chi connectivity index (χ3v) is 2.74. The van der Waals surface area contributed by atoms with Crippen molar-refractivity contribution in [3.63, 3.8) is 0 Å². The molecule has 1 rings (SSSR count). The van der Waals surface area contributed by atoms with E-state index in [9.17, 15) is 0 Å². The van der Waals surface area contributed by atoms with E-state index in [2.05, 4.69) is 11.8 Å². The highest BCUT2D eigenvalue weighted by molar-refractivity contribution is 4.74. The molecule has 84 valence electrons. The Morgan fingerprint density at radius 1 is 1.43 bits per heavy atom. The highest BCUT2D eigenvalue weighted by atomic mass is 16.5. The topological polar surface area (TPSA) is 32.7 Å². The molecule has 0 aromatic heterocycles. The molecule has 14 heavy (non-hydrogen) atoms. The lowest BCUT2D eigenvalue weighted by Crippen LogP contribution is -2.23. The molecule has 1 heterocycles. The van der Waals surface area contributed by atoms with Crippen LogP contribution in [-0.4, -0.2) is 49.5 Å². The second-order valence-electron chi connectivity index (χ2n) is 4.10. The molecule has 1 aliphatic heterocycles. The molecule has 0 aromatic carbocycles. The summed E-state index contributed by atoms with van der Waals surface area (Å²) in [6.07, 6.45) is 3.39. The fraction of sp³-hybridized carbons (Fsp3) is 1.00. The standard InChI is InChI=1S/C11H23NO2/c1-2-7-14-8-3-5-12-6-4-11(9-12)10-13/h11,13H,2-10H2,1H3. The van der Waals surface area contributed by atoms with Crippen molar-refractivity contribution < 1.29 is 9.84 Å². The zero-order valence-electron chi connectivity index (χ0n) is 9.24. The van der Waals surface area contributed by atoms with Gasteiger partial charge in [0, 0.05) is 32.9 Å². The van der Waals surface area contributed by atoms with E-state index in [0.29, 0.717) is 12.5 Å². The van der Waals surface area contributed by atoms with Crippen LogP contribution in [0.1, 0.15) is 26.2 Å². The minimum atomic E-state index is 0.350. The highest BCUT2D eigenvalue weighted by Gasteiger charge is 2.20. The van der Waals surface area contributed by atoms with E-state index >= 15 is 0 Å². The highest BCUT2D eigenvalue weighted by Crippen LogP contribution is 2.15. The summed E-state index contributed by atoms with van der Waals surface area (Å²) in [6, 6.07) is 0. The zero-order valence-corrected chi connectivity index (χ0v) is 9.24. The van der Waals surface area contributed by atoms with Gasteiger partial charge in [-0.25, -0.2) is 0 Å². The maximum absolute atomic E-state index is 8.97. The van der Waals surface area contributed by atoms with Crippen molar-refractivity contribution in [3.05, 3.63) is 0 Å². The molecule has 0 amide bonds. The third kappa shape index (κ3) is 4.40. The van der Waals surface area contributed by atoms with Crippen LogP contribution in [0.25, 0.3) is 0 Å². The van der Waals surface area contributed by atoms with Gasteiger partial charge in [0.25, 0.3) is 0 Å². The Kier molecular flexibility index (Phi) is 6.15. The smallest absolute Gasteiger partial charge is 0.0478 e. The average Bonchev–Trinajstić information content (AvgIpc) is 2.65. The molecule has 1 unspecified atom stereocenters. The van der Waals surface area contributed by atoms with Crippen LogP contribution in [0.15, 0.2) is 0 Å². The number of rotatable bonds is 7. The molecule has 0 spiro atoms. The lowest BCUT2D eigenvalue weighted by atomic mass is 10.1. The molecule has 1 atom stereocenters. The van der Waals surface area contributed by atoms with Gasteiger partial charge in [0.05, 0.1) is 0 Å². The summed E-state index contributed by atoms with van der Waals surface area (Å²) >= 11 is 0. The Bertz CT molecular complexity index is 141. The molecule has 0 radical (unpaired) electrons. The summed E-state index contributed by atoms with van der Waals surface area (Å²) in [6.45, 7) is 7.60. The van der Waals surface area contributed by atoms with Gasteiger partial charge in [0.15, 0.2) is 0 Å². The van der Waals surface area contributed by atoms with Gasteiger partial charge < -0.3 is 14.7 Å². The second kappa shape index (κ2) is 7.21. The average molecular weight is 201 g/mol. The van der Waals surface area contributed by atoms with E-state index in [-0.39, 0.29) is 0 Å². The SMILES string of the molecule is CCCOCCCN1CCC(CO)C1. The molecule has 1 fully saturated rings. The molecule has 1 aliphatic rings. The first kappa shape index (κ1) is 12.0. The van der Waals surface area contributed by atoms with Gasteiger partial charge >= 0.3 is 0 Å². The Morgan fingerprint density at radius 3 is 2.93 bits per heavy atom. The molecule has 0 bridgehead atoms. The number of hydrogen-bond donors (Lipinski definition) is 1. The lowest BCUT2D eigenvalue weighted by molar-refractivity contribution is 0.123. The van der Waals surface area contributed by atoms with E-state index in [1.807, 2.05) is 0 Å². The van der Waals surface area contributed by atoms with Gasteiger partial charge in [-0.3, -0.25) is 0 Å². The van der Waals surface area contributed by atoms with Crippen LogP contribution in [-0.2, 0) is 4.74 Å². The predicted octanol–water partition coefficient (Wildman–Crippen LogP) is 1.12. The van der Waals surface area contributed by atoms with Crippen LogP contribution in [0.2, 0.25) is 0 Å². The van der Waals surface area contributed by atoms with Crippen LogP contribution in [0.5, 0.6) is 0 Å². The van der Waals surface area contributed by atoms with Crippen molar-refractivity contribution in [2.75, 3.05) is 39.5 Å². The van der Waals surface area contributed by atoms with Crippen LogP contribution in [0, 0.1) is 5.92 Å². The summed E-state index contributed by atoms with van der Waals surface area (Å²) in [5.41, 5.74) is 0. The van der Waals surface area contributed by atoms with Gasteiger partial charge in [0.2, 0.25) is 0 Å². The number of hydrogen-bond acceptors (Lipinski definition) is 3. The summed E-state index contributed by atoms with van der Waals surface area (Å²) in [7, 11) is 0. The minimum absolute atomic E-state index is 0.350. The number of nitrogens with zero attached hydrogens (tertiary/aromatic N) is 1. The predicted molar refractivity (Wildman–Crippen MR) is 57.4 cm³/mol. The van der Waals surface area contributed by atoms with Crippen molar-refractivity contribution >= 4 is 0 Å². The van der Waals surface area contributed by atoms with Gasteiger partial charge in [0.1, 0.15) is 0 Å². The quantitative estimate of drug-likeness (QED) is 0.626. The molecule has 3 nitrogen and oxygen atoms in total. The normalized spacial score (nSPS) is 23.1. The van der Waals surface area contributed by atoms with Crippen molar-refractivity contribution in [1.82, 2.24) is 4.90 Å².